The van der Waals surface area contributed by atoms with E-state index in [0.717, 1.165) is 45.6 Å². The Morgan fingerprint density at radius 3 is 1.15 bits per heavy atom. The maximum Gasteiger partial charge on any atom is 0.338 e. The van der Waals surface area contributed by atoms with Crippen molar-refractivity contribution in [2.24, 2.45) is 0 Å². The summed E-state index contributed by atoms with van der Waals surface area (Å²) >= 11 is 0. The van der Waals surface area contributed by atoms with Gasteiger partial charge in [0, 0.05) is 29.6 Å². The van der Waals surface area contributed by atoms with Gasteiger partial charge in [-0.25, -0.2) is 24.0 Å². The van der Waals surface area contributed by atoms with E-state index in [1.165, 1.54) is 48.5 Å². The number of aromatic carboxylic acids is 2. The molecule has 0 radical (unpaired) electrons. The molecule has 0 bridgehead atoms. The van der Waals surface area contributed by atoms with E-state index in [1.54, 1.807) is 24.3 Å². The summed E-state index contributed by atoms with van der Waals surface area (Å²) in [5.41, 5.74) is 5.21. The van der Waals surface area contributed by atoms with Gasteiger partial charge in [0.1, 0.15) is 34.5 Å². The summed E-state index contributed by atoms with van der Waals surface area (Å²) in [6.45, 7) is 0. The molecule has 0 saturated carbocycles. The number of nitrogens with two attached hydrogens (primary N) is 1. The van der Waals surface area contributed by atoms with Crippen molar-refractivity contribution in [2.45, 2.75) is 0 Å². The number of carboxylic acids is 2. The Hall–Kier alpha value is -7.88. The van der Waals surface area contributed by atoms with Crippen molar-refractivity contribution in [1.29, 1.82) is 0 Å². The van der Waals surface area contributed by atoms with Crippen molar-refractivity contribution < 1.29 is 67.4 Å². The van der Waals surface area contributed by atoms with Crippen LogP contribution in [-0.4, -0.2) is 67.3 Å². The SMILES string of the molecule is COC(=O)c1cc(Oc2cc(Oc3ccc(C(=O)O)c(C(=O)OC)c3)cc(Oc3ccc(C(=O)Nc4ccc(N)cc4)c(C(=O)OC)c3)c2)ccc1C(=O)O. The fourth-order valence-corrected chi connectivity index (χ4v) is 5.06. The number of esters is 3. The van der Waals surface area contributed by atoms with E-state index in [9.17, 15) is 39.0 Å². The molecule has 16 nitrogen and oxygen atoms in total. The molecule has 0 aliphatic heterocycles. The lowest BCUT2D eigenvalue weighted by Crippen LogP contribution is -2.17. The summed E-state index contributed by atoms with van der Waals surface area (Å²) in [6.07, 6.45) is 0. The van der Waals surface area contributed by atoms with E-state index < -0.39 is 35.8 Å². The Kier molecular flexibility index (Phi) is 11.6. The molecule has 0 aromatic heterocycles. The molecule has 55 heavy (non-hydrogen) atoms. The highest BCUT2D eigenvalue weighted by Crippen LogP contribution is 2.37. The molecule has 0 fully saturated rings. The van der Waals surface area contributed by atoms with Gasteiger partial charge in [0.05, 0.1) is 54.7 Å². The van der Waals surface area contributed by atoms with Crippen LogP contribution in [0.4, 0.5) is 11.4 Å². The third-order valence-electron chi connectivity index (χ3n) is 7.62. The molecule has 0 spiro atoms. The minimum Gasteiger partial charge on any atom is -0.478 e. The number of anilines is 2. The van der Waals surface area contributed by atoms with Crippen LogP contribution < -0.4 is 25.3 Å². The molecule has 0 atom stereocenters. The predicted molar refractivity (Wildman–Crippen MR) is 193 cm³/mol. The molecule has 0 saturated heterocycles. The number of hydrogen-bond acceptors (Lipinski definition) is 13. The zero-order valence-corrected chi connectivity index (χ0v) is 29.1. The zero-order chi connectivity index (χ0) is 39.8. The molecule has 0 heterocycles. The lowest BCUT2D eigenvalue weighted by Gasteiger charge is -2.15. The Balaban J connectivity index is 1.54. The monoisotopic (exact) mass is 750 g/mol. The number of amides is 1. The molecular formula is C39H30N2O14. The van der Waals surface area contributed by atoms with E-state index in [-0.39, 0.29) is 67.9 Å². The van der Waals surface area contributed by atoms with Crippen molar-refractivity contribution in [2.75, 3.05) is 32.4 Å². The fraction of sp³-hybridized carbons (Fsp3) is 0.0769. The van der Waals surface area contributed by atoms with E-state index in [2.05, 4.69) is 5.32 Å². The maximum absolute atomic E-state index is 13.2. The van der Waals surface area contributed by atoms with Crippen LogP contribution in [0.1, 0.15) is 62.1 Å². The van der Waals surface area contributed by atoms with Gasteiger partial charge < -0.3 is 49.7 Å². The average molecular weight is 751 g/mol. The first kappa shape index (κ1) is 38.4. The van der Waals surface area contributed by atoms with Crippen LogP contribution >= 0.6 is 0 Å². The number of methoxy groups -OCH3 is 3. The Morgan fingerprint density at radius 2 is 0.800 bits per heavy atom. The van der Waals surface area contributed by atoms with Crippen molar-refractivity contribution in [3.63, 3.8) is 0 Å². The third-order valence-corrected chi connectivity index (χ3v) is 7.62. The second kappa shape index (κ2) is 16.6. The lowest BCUT2D eigenvalue weighted by atomic mass is 10.1. The number of rotatable bonds is 13. The van der Waals surface area contributed by atoms with Gasteiger partial charge in [-0.15, -0.1) is 0 Å². The van der Waals surface area contributed by atoms with Gasteiger partial charge in [-0.1, -0.05) is 0 Å². The minimum atomic E-state index is -1.38. The van der Waals surface area contributed by atoms with Gasteiger partial charge in [-0.2, -0.15) is 0 Å². The van der Waals surface area contributed by atoms with Crippen molar-refractivity contribution >= 4 is 47.1 Å². The van der Waals surface area contributed by atoms with Crippen molar-refractivity contribution in [3.8, 4) is 34.5 Å². The number of ether oxygens (including phenoxy) is 6. The number of nitrogens with one attached hydrogen (secondary N) is 1. The standard InChI is InChI=1S/C39H30N2O14/c1-50-37(47)31-17-22(8-11-28(31)34(42)41-21-6-4-20(40)5-7-21)53-25-14-26(54-23-9-12-29(35(43)44)32(18-23)38(48)51-2)16-27(15-25)55-24-10-13-30(36(45)46)33(19-24)39(49)52-3/h4-19H,40H2,1-3H3,(H,41,42)(H,43,44)(H,45,46). The van der Waals surface area contributed by atoms with E-state index >= 15 is 0 Å². The van der Waals surface area contributed by atoms with E-state index in [0.29, 0.717) is 11.4 Å². The topological polar surface area (TPSA) is 236 Å². The molecule has 5 rings (SSSR count). The van der Waals surface area contributed by atoms with E-state index in [4.69, 9.17) is 34.2 Å². The summed E-state index contributed by atoms with van der Waals surface area (Å²) in [4.78, 5) is 74.2. The molecule has 0 aliphatic rings. The highest BCUT2D eigenvalue weighted by atomic mass is 16.5. The van der Waals surface area contributed by atoms with Crippen molar-refractivity contribution in [1.82, 2.24) is 0 Å². The maximum atomic E-state index is 13.2. The molecule has 0 unspecified atom stereocenters. The summed E-state index contributed by atoms with van der Waals surface area (Å²) in [6, 6.07) is 21.8. The molecule has 5 aromatic carbocycles. The predicted octanol–water partition coefficient (Wildman–Crippen LogP) is 6.65. The number of carboxylic acid groups (broad SMARTS) is 2. The molecule has 280 valence electrons. The van der Waals surface area contributed by atoms with E-state index in [1.807, 2.05) is 0 Å². The third kappa shape index (κ3) is 9.14. The number of benzene rings is 5. The Morgan fingerprint density at radius 1 is 0.455 bits per heavy atom. The van der Waals surface area contributed by atoms with Crippen LogP contribution in [0.15, 0.2) is 97.1 Å². The van der Waals surface area contributed by atoms with Gasteiger partial charge >= 0.3 is 29.8 Å². The smallest absolute Gasteiger partial charge is 0.338 e. The molecule has 5 N–H and O–H groups in total. The first-order valence-corrected chi connectivity index (χ1v) is 15.8. The van der Waals surface area contributed by atoms with Crippen LogP contribution in [0, 0.1) is 0 Å². The normalized spacial score (nSPS) is 10.4. The first-order valence-electron chi connectivity index (χ1n) is 15.8. The highest BCUT2D eigenvalue weighted by Gasteiger charge is 2.22. The van der Waals surface area contributed by atoms with Crippen LogP contribution in [0.25, 0.3) is 0 Å². The van der Waals surface area contributed by atoms with Gasteiger partial charge in [0.25, 0.3) is 5.91 Å². The second-order valence-corrected chi connectivity index (χ2v) is 11.2. The van der Waals surface area contributed by atoms with Crippen LogP contribution in [-0.2, 0) is 14.2 Å². The summed E-state index contributed by atoms with van der Waals surface area (Å²) in [5, 5.41) is 21.8. The molecule has 0 aliphatic carbocycles. The average Bonchev–Trinajstić information content (AvgIpc) is 3.17. The lowest BCUT2D eigenvalue weighted by molar-refractivity contribution is 0.0579. The zero-order valence-electron chi connectivity index (χ0n) is 29.1. The summed E-state index contributed by atoms with van der Waals surface area (Å²) in [7, 11) is 3.32. The molecule has 16 heteroatoms. The van der Waals surface area contributed by atoms with Gasteiger partial charge in [0.2, 0.25) is 0 Å². The largest absolute Gasteiger partial charge is 0.478 e. The Labute approximate surface area is 311 Å². The van der Waals surface area contributed by atoms with Gasteiger partial charge in [-0.3, -0.25) is 4.79 Å². The Bertz CT molecular complexity index is 2240. The van der Waals surface area contributed by atoms with Crippen molar-refractivity contribution in [3.05, 3.63) is 130 Å². The highest BCUT2D eigenvalue weighted by molar-refractivity contribution is 6.11. The van der Waals surface area contributed by atoms with Gasteiger partial charge in [-0.05, 0) is 78.9 Å². The quantitative estimate of drug-likeness (QED) is 0.0560. The second-order valence-electron chi connectivity index (χ2n) is 11.2. The summed E-state index contributed by atoms with van der Waals surface area (Å²) in [5.74, 6) is -5.91. The molecular weight excluding hydrogens is 720 g/mol. The van der Waals surface area contributed by atoms with Gasteiger partial charge in [0.15, 0.2) is 0 Å². The molecule has 1 amide bonds. The van der Waals surface area contributed by atoms with Crippen LogP contribution in [0.3, 0.4) is 0 Å². The molecule has 5 aromatic rings. The fourth-order valence-electron chi connectivity index (χ4n) is 5.06. The number of nitrogen functional groups attached to an aromatic ring is 1. The number of carbonyl (C=O) groups is 6. The first-order chi connectivity index (χ1) is 26.3. The van der Waals surface area contributed by atoms with Crippen LogP contribution in [0.2, 0.25) is 0 Å². The summed E-state index contributed by atoms with van der Waals surface area (Å²) < 4.78 is 32.4. The number of hydrogen-bond donors (Lipinski definition) is 4. The number of carbonyl (C=O) groups excluding carboxylic acids is 4. The van der Waals surface area contributed by atoms with Crippen LogP contribution in [0.5, 0.6) is 34.5 Å². The minimum absolute atomic E-state index is 0.0109.